The van der Waals surface area contributed by atoms with Crippen LogP contribution < -0.4 is 10.1 Å². The van der Waals surface area contributed by atoms with Gasteiger partial charge in [0.15, 0.2) is 0 Å². The summed E-state index contributed by atoms with van der Waals surface area (Å²) in [4.78, 5) is 12.7. The first-order valence-corrected chi connectivity index (χ1v) is 11.9. The van der Waals surface area contributed by atoms with E-state index in [0.717, 1.165) is 35.4 Å². The molecule has 0 bridgehead atoms. The van der Waals surface area contributed by atoms with Gasteiger partial charge in [0.1, 0.15) is 28.8 Å². The fraction of sp³-hybridized carbons (Fsp3) is 0.207. The van der Waals surface area contributed by atoms with Gasteiger partial charge in [-0.25, -0.2) is 4.68 Å². The van der Waals surface area contributed by atoms with Gasteiger partial charge in [0, 0.05) is 17.3 Å². The Balaban J connectivity index is 1.68. The number of carbonyl (C=O) groups is 1. The number of aromatic nitrogens is 2. The number of nitrogens with one attached hydrogen (secondary N) is 1. The first kappa shape index (κ1) is 24.6. The van der Waals surface area contributed by atoms with Crippen LogP contribution in [-0.4, -0.2) is 22.3 Å². The van der Waals surface area contributed by atoms with Gasteiger partial charge in [-0.3, -0.25) is 4.79 Å². The average Bonchev–Trinajstić information content (AvgIpc) is 3.58. The molecule has 0 saturated carbocycles. The Morgan fingerprint density at radius 3 is 2.72 bits per heavy atom. The molecule has 2 heterocycles. The fourth-order valence-electron chi connectivity index (χ4n) is 3.70. The van der Waals surface area contributed by atoms with Gasteiger partial charge in [-0.15, -0.1) is 0 Å². The van der Waals surface area contributed by atoms with E-state index in [1.54, 1.807) is 22.9 Å². The number of rotatable bonds is 10. The minimum absolute atomic E-state index is 0.0216. The van der Waals surface area contributed by atoms with Crippen molar-refractivity contribution in [3.8, 4) is 28.8 Å². The molecule has 1 N–H and O–H groups in total. The minimum atomic E-state index is -0.483. The molecule has 7 nitrogen and oxygen atoms in total. The van der Waals surface area contributed by atoms with Crippen LogP contribution in [0.2, 0.25) is 0 Å². The van der Waals surface area contributed by atoms with Crippen molar-refractivity contribution in [2.45, 2.75) is 33.2 Å². The van der Waals surface area contributed by atoms with Crippen LogP contribution in [-0.2, 0) is 11.3 Å². The predicted octanol–water partition coefficient (Wildman–Crippen LogP) is 5.84. The molecule has 2 aromatic carbocycles. The number of aryl methyl sites for hydroxylation is 1. The topological polar surface area (TPSA) is 93.1 Å². The Labute approximate surface area is 210 Å². The van der Waals surface area contributed by atoms with Gasteiger partial charge >= 0.3 is 0 Å². The molecular formula is C29H28N4O3. The number of nitriles is 1. The van der Waals surface area contributed by atoms with Gasteiger partial charge in [-0.1, -0.05) is 31.5 Å². The molecule has 0 fully saturated rings. The van der Waals surface area contributed by atoms with Crippen LogP contribution in [0.4, 0.5) is 0 Å². The maximum absolute atomic E-state index is 12.7. The molecule has 0 aliphatic rings. The quantitative estimate of drug-likeness (QED) is 0.175. The molecule has 182 valence electrons. The number of benzene rings is 2. The largest absolute Gasteiger partial charge is 0.493 e. The highest BCUT2D eigenvalue weighted by atomic mass is 16.5. The van der Waals surface area contributed by atoms with Crippen LogP contribution >= 0.6 is 0 Å². The highest BCUT2D eigenvalue weighted by Gasteiger charge is 2.16. The summed E-state index contributed by atoms with van der Waals surface area (Å²) in [5.41, 5.74) is 4.02. The van der Waals surface area contributed by atoms with Crippen LogP contribution in [0, 0.1) is 18.3 Å². The number of para-hydroxylation sites is 1. The van der Waals surface area contributed by atoms with Crippen LogP contribution in [0.25, 0.3) is 23.0 Å². The molecule has 0 radical (unpaired) electrons. The zero-order valence-corrected chi connectivity index (χ0v) is 20.4. The van der Waals surface area contributed by atoms with Gasteiger partial charge in [0.05, 0.1) is 25.1 Å². The number of furan rings is 1. The molecule has 0 unspecified atom stereocenters. The highest BCUT2D eigenvalue weighted by Crippen LogP contribution is 2.30. The van der Waals surface area contributed by atoms with Crippen molar-refractivity contribution in [1.29, 1.82) is 5.26 Å². The lowest BCUT2D eigenvalue weighted by atomic mass is 10.0. The molecule has 4 rings (SSSR count). The third-order valence-electron chi connectivity index (χ3n) is 5.64. The molecule has 2 aromatic heterocycles. The number of unbranched alkanes of at least 4 members (excludes halogenated alkanes) is 1. The number of hydrogen-bond acceptors (Lipinski definition) is 5. The van der Waals surface area contributed by atoms with E-state index >= 15 is 0 Å². The van der Waals surface area contributed by atoms with Gasteiger partial charge < -0.3 is 14.5 Å². The van der Waals surface area contributed by atoms with Crippen LogP contribution in [0.1, 0.15) is 36.7 Å². The molecule has 0 aliphatic heterocycles. The SMILES string of the molecule is CCCCOc1ccc(-c2nn(-c3ccccc3)cc2C=C(C#N)C(=O)NCc2ccco2)cc1C. The van der Waals surface area contributed by atoms with Crippen molar-refractivity contribution in [3.63, 3.8) is 0 Å². The summed E-state index contributed by atoms with van der Waals surface area (Å²) >= 11 is 0. The van der Waals surface area contributed by atoms with Crippen molar-refractivity contribution in [3.05, 3.63) is 95.6 Å². The minimum Gasteiger partial charge on any atom is -0.493 e. The second kappa shape index (κ2) is 11.7. The normalized spacial score (nSPS) is 11.2. The zero-order valence-electron chi connectivity index (χ0n) is 20.4. The molecule has 7 heteroatoms. The summed E-state index contributed by atoms with van der Waals surface area (Å²) in [5, 5.41) is 17.3. The Kier molecular flexibility index (Phi) is 7.99. The number of nitrogens with zero attached hydrogens (tertiary/aromatic N) is 3. The van der Waals surface area contributed by atoms with E-state index in [0.29, 0.717) is 23.6 Å². The Morgan fingerprint density at radius 2 is 2.03 bits per heavy atom. The fourth-order valence-corrected chi connectivity index (χ4v) is 3.70. The second-order valence-electron chi connectivity index (χ2n) is 8.33. The van der Waals surface area contributed by atoms with E-state index < -0.39 is 5.91 Å². The van der Waals surface area contributed by atoms with Crippen molar-refractivity contribution in [2.75, 3.05) is 6.61 Å². The van der Waals surface area contributed by atoms with Gasteiger partial charge in [-0.05, 0) is 67.4 Å². The summed E-state index contributed by atoms with van der Waals surface area (Å²) in [5.74, 6) is 0.958. The van der Waals surface area contributed by atoms with Crippen LogP contribution in [0.5, 0.6) is 5.75 Å². The lowest BCUT2D eigenvalue weighted by Crippen LogP contribution is -2.23. The Morgan fingerprint density at radius 1 is 1.19 bits per heavy atom. The van der Waals surface area contributed by atoms with Crippen molar-refractivity contribution >= 4 is 12.0 Å². The maximum atomic E-state index is 12.7. The summed E-state index contributed by atoms with van der Waals surface area (Å²) in [7, 11) is 0. The highest BCUT2D eigenvalue weighted by molar-refractivity contribution is 6.02. The van der Waals surface area contributed by atoms with Crippen molar-refractivity contribution < 1.29 is 13.9 Å². The summed E-state index contributed by atoms with van der Waals surface area (Å²) in [6.07, 6.45) is 6.99. The molecule has 1 amide bonds. The average molecular weight is 481 g/mol. The molecule has 0 aliphatic carbocycles. The summed E-state index contributed by atoms with van der Waals surface area (Å²) < 4.78 is 12.9. The maximum Gasteiger partial charge on any atom is 0.262 e. The first-order valence-electron chi connectivity index (χ1n) is 11.9. The van der Waals surface area contributed by atoms with E-state index in [4.69, 9.17) is 14.3 Å². The molecule has 36 heavy (non-hydrogen) atoms. The van der Waals surface area contributed by atoms with Crippen molar-refractivity contribution in [1.82, 2.24) is 15.1 Å². The van der Waals surface area contributed by atoms with Gasteiger partial charge in [0.25, 0.3) is 5.91 Å². The van der Waals surface area contributed by atoms with Crippen LogP contribution in [0.3, 0.4) is 0 Å². The Hall–Kier alpha value is -4.57. The molecule has 0 saturated heterocycles. The lowest BCUT2D eigenvalue weighted by Gasteiger charge is -2.10. The monoisotopic (exact) mass is 480 g/mol. The number of hydrogen-bond donors (Lipinski definition) is 1. The van der Waals surface area contributed by atoms with E-state index in [2.05, 4.69) is 12.2 Å². The second-order valence-corrected chi connectivity index (χ2v) is 8.33. The Bertz CT molecular complexity index is 1380. The van der Waals surface area contributed by atoms with E-state index in [-0.39, 0.29) is 12.1 Å². The van der Waals surface area contributed by atoms with E-state index in [1.807, 2.05) is 67.7 Å². The van der Waals surface area contributed by atoms with E-state index in [9.17, 15) is 10.1 Å². The number of amides is 1. The third kappa shape index (κ3) is 5.91. The lowest BCUT2D eigenvalue weighted by molar-refractivity contribution is -0.117. The molecular weight excluding hydrogens is 452 g/mol. The van der Waals surface area contributed by atoms with Crippen LogP contribution in [0.15, 0.2) is 83.1 Å². The predicted molar refractivity (Wildman–Crippen MR) is 138 cm³/mol. The number of ether oxygens (including phenoxy) is 1. The van der Waals surface area contributed by atoms with Crippen molar-refractivity contribution in [2.24, 2.45) is 0 Å². The number of carbonyl (C=O) groups excluding carboxylic acids is 1. The van der Waals surface area contributed by atoms with E-state index in [1.165, 1.54) is 6.26 Å². The molecule has 4 aromatic rings. The zero-order chi connectivity index (χ0) is 25.3. The molecule has 0 atom stereocenters. The smallest absolute Gasteiger partial charge is 0.262 e. The first-order chi connectivity index (χ1) is 17.6. The summed E-state index contributed by atoms with van der Waals surface area (Å²) in [6, 6.07) is 21.1. The standard InChI is InChI=1S/C29H28N4O3/c1-3-4-14-36-27-13-12-22(16-21(27)2)28-24(20-33(32-28)25-9-6-5-7-10-25)17-23(18-30)29(34)31-19-26-11-8-15-35-26/h5-13,15-17,20H,3-4,14,19H2,1-2H3,(H,31,34). The molecule has 0 spiro atoms. The third-order valence-corrected chi connectivity index (χ3v) is 5.64. The summed E-state index contributed by atoms with van der Waals surface area (Å²) in [6.45, 7) is 4.99. The van der Waals surface area contributed by atoms with Gasteiger partial charge in [0.2, 0.25) is 0 Å². The van der Waals surface area contributed by atoms with Gasteiger partial charge in [-0.2, -0.15) is 10.4 Å².